The Hall–Kier alpha value is -1.57. The van der Waals surface area contributed by atoms with Crippen molar-refractivity contribution < 1.29 is 13.2 Å². The molecule has 0 saturated heterocycles. The van der Waals surface area contributed by atoms with Crippen molar-refractivity contribution in [2.45, 2.75) is 31.4 Å². The van der Waals surface area contributed by atoms with Gasteiger partial charge in [0.25, 0.3) is 10.0 Å². The van der Waals surface area contributed by atoms with Crippen LogP contribution in [0.3, 0.4) is 0 Å². The molecule has 134 valence electrons. The van der Waals surface area contributed by atoms with Crippen LogP contribution in [0.2, 0.25) is 4.34 Å². The van der Waals surface area contributed by atoms with Gasteiger partial charge in [0.05, 0.1) is 10.0 Å². The Morgan fingerprint density at radius 2 is 1.96 bits per heavy atom. The highest BCUT2D eigenvalue weighted by Gasteiger charge is 2.32. The number of carbonyl (C=O) groups is 1. The van der Waals surface area contributed by atoms with Crippen LogP contribution in [0, 0.1) is 5.41 Å². The molecule has 5 nitrogen and oxygen atoms in total. The van der Waals surface area contributed by atoms with Gasteiger partial charge in [0.15, 0.2) is 0 Å². The fourth-order valence-electron chi connectivity index (χ4n) is 2.71. The average molecular weight is 399 g/mol. The van der Waals surface area contributed by atoms with Gasteiger partial charge in [0.1, 0.15) is 4.21 Å². The Labute approximate surface area is 156 Å². The summed E-state index contributed by atoms with van der Waals surface area (Å²) in [4.78, 5) is 14.4. The quantitative estimate of drug-likeness (QED) is 0.844. The first-order valence-electron chi connectivity index (χ1n) is 7.81. The highest BCUT2D eigenvalue weighted by Crippen LogP contribution is 2.35. The van der Waals surface area contributed by atoms with Crippen LogP contribution in [0.5, 0.6) is 0 Å². The van der Waals surface area contributed by atoms with E-state index in [1.807, 2.05) is 26.8 Å². The predicted octanol–water partition coefficient (Wildman–Crippen LogP) is 4.14. The SMILES string of the molecule is CC(C)(C)C(=O)N1CCc2ccc(NS(=O)(=O)c3ccc(Cl)s3)cc21. The molecule has 3 rings (SSSR count). The van der Waals surface area contributed by atoms with E-state index in [1.54, 1.807) is 23.1 Å². The van der Waals surface area contributed by atoms with Crippen LogP contribution < -0.4 is 9.62 Å². The normalized spacial score (nSPS) is 14.5. The van der Waals surface area contributed by atoms with E-state index in [0.717, 1.165) is 29.0 Å². The largest absolute Gasteiger partial charge is 0.311 e. The number of amides is 1. The summed E-state index contributed by atoms with van der Waals surface area (Å²) in [5.74, 6) is 0.0243. The summed E-state index contributed by atoms with van der Waals surface area (Å²) in [5, 5.41) is 0. The van der Waals surface area contributed by atoms with Crippen molar-refractivity contribution in [2.75, 3.05) is 16.2 Å². The van der Waals surface area contributed by atoms with Crippen molar-refractivity contribution in [2.24, 2.45) is 5.41 Å². The lowest BCUT2D eigenvalue weighted by Gasteiger charge is -2.26. The predicted molar refractivity (Wildman–Crippen MR) is 102 cm³/mol. The fraction of sp³-hybridized carbons (Fsp3) is 0.353. The Kier molecular flexibility index (Phi) is 4.59. The smallest absolute Gasteiger partial charge is 0.271 e. The third kappa shape index (κ3) is 3.68. The maximum absolute atomic E-state index is 12.6. The molecule has 0 radical (unpaired) electrons. The zero-order valence-corrected chi connectivity index (χ0v) is 16.6. The topological polar surface area (TPSA) is 66.5 Å². The van der Waals surface area contributed by atoms with E-state index in [0.29, 0.717) is 16.6 Å². The Morgan fingerprint density at radius 3 is 2.56 bits per heavy atom. The van der Waals surface area contributed by atoms with Crippen molar-refractivity contribution in [1.29, 1.82) is 0 Å². The number of thiophene rings is 1. The van der Waals surface area contributed by atoms with E-state index in [4.69, 9.17) is 11.6 Å². The lowest BCUT2D eigenvalue weighted by molar-refractivity contribution is -0.125. The molecule has 0 spiro atoms. The van der Waals surface area contributed by atoms with E-state index in [1.165, 1.54) is 6.07 Å². The Morgan fingerprint density at radius 1 is 1.24 bits per heavy atom. The first-order valence-corrected chi connectivity index (χ1v) is 10.5. The molecule has 1 aliphatic rings. The van der Waals surface area contributed by atoms with Gasteiger partial charge in [-0.3, -0.25) is 9.52 Å². The van der Waals surface area contributed by atoms with Gasteiger partial charge >= 0.3 is 0 Å². The second-order valence-electron chi connectivity index (χ2n) is 6.96. The molecule has 0 atom stereocenters. The minimum Gasteiger partial charge on any atom is -0.311 e. The molecule has 1 aliphatic heterocycles. The van der Waals surface area contributed by atoms with Crippen LogP contribution >= 0.6 is 22.9 Å². The third-order valence-corrected chi connectivity index (χ3v) is 7.04. The van der Waals surface area contributed by atoms with Crippen LogP contribution in [0.15, 0.2) is 34.5 Å². The monoisotopic (exact) mass is 398 g/mol. The van der Waals surface area contributed by atoms with Crippen LogP contribution in [-0.2, 0) is 21.2 Å². The molecule has 1 aromatic carbocycles. The van der Waals surface area contributed by atoms with E-state index in [9.17, 15) is 13.2 Å². The first-order chi connectivity index (χ1) is 11.6. The van der Waals surface area contributed by atoms with Gasteiger partial charge in [-0.1, -0.05) is 38.4 Å². The molecule has 1 amide bonds. The van der Waals surface area contributed by atoms with Crippen molar-refractivity contribution >= 4 is 50.2 Å². The van der Waals surface area contributed by atoms with Crippen LogP contribution in [0.4, 0.5) is 11.4 Å². The maximum Gasteiger partial charge on any atom is 0.271 e. The minimum atomic E-state index is -3.70. The van der Waals surface area contributed by atoms with Crippen molar-refractivity contribution in [3.8, 4) is 0 Å². The number of carbonyl (C=O) groups excluding carboxylic acids is 1. The summed E-state index contributed by atoms with van der Waals surface area (Å²) in [5.41, 5.74) is 1.74. The first kappa shape index (κ1) is 18.2. The van der Waals surface area contributed by atoms with E-state index < -0.39 is 15.4 Å². The van der Waals surface area contributed by atoms with Gasteiger partial charge in [-0.2, -0.15) is 0 Å². The maximum atomic E-state index is 12.6. The number of benzene rings is 1. The molecule has 8 heteroatoms. The van der Waals surface area contributed by atoms with Gasteiger partial charge in [0, 0.05) is 17.6 Å². The zero-order chi connectivity index (χ0) is 18.4. The van der Waals surface area contributed by atoms with Gasteiger partial charge in [-0.25, -0.2) is 8.42 Å². The standard InChI is InChI=1S/C17H19ClN2O3S2/c1-17(2,3)16(21)20-9-8-11-4-5-12(10-13(11)20)19-25(22,23)15-7-6-14(18)24-15/h4-7,10,19H,8-9H2,1-3H3. The zero-order valence-electron chi connectivity index (χ0n) is 14.2. The molecule has 0 unspecified atom stereocenters. The molecule has 2 heterocycles. The number of nitrogens with one attached hydrogen (secondary N) is 1. The number of hydrogen-bond donors (Lipinski definition) is 1. The lowest BCUT2D eigenvalue weighted by Crippen LogP contribution is -2.38. The molecule has 1 N–H and O–H groups in total. The van der Waals surface area contributed by atoms with Crippen LogP contribution in [0.25, 0.3) is 0 Å². The fourth-order valence-corrected chi connectivity index (χ4v) is 5.24. The molecular formula is C17H19ClN2O3S2. The summed E-state index contributed by atoms with van der Waals surface area (Å²) in [6.45, 7) is 6.24. The van der Waals surface area contributed by atoms with Crippen molar-refractivity contribution in [3.05, 3.63) is 40.2 Å². The molecule has 0 saturated carbocycles. The number of anilines is 2. The van der Waals surface area contributed by atoms with Gasteiger partial charge < -0.3 is 4.90 Å². The number of hydrogen-bond acceptors (Lipinski definition) is 4. The minimum absolute atomic E-state index is 0.0243. The Bertz CT molecular complexity index is 930. The van der Waals surface area contributed by atoms with E-state index >= 15 is 0 Å². The molecule has 0 fully saturated rings. The Balaban J connectivity index is 1.90. The molecule has 1 aromatic heterocycles. The number of fused-ring (bicyclic) bond motifs is 1. The van der Waals surface area contributed by atoms with Gasteiger partial charge in [-0.15, -0.1) is 11.3 Å². The number of rotatable bonds is 3. The summed E-state index contributed by atoms with van der Waals surface area (Å²) < 4.78 is 28.0. The van der Waals surface area contributed by atoms with E-state index in [-0.39, 0.29) is 10.1 Å². The molecule has 2 aromatic rings. The molecular weight excluding hydrogens is 380 g/mol. The van der Waals surface area contributed by atoms with Crippen LogP contribution in [0.1, 0.15) is 26.3 Å². The van der Waals surface area contributed by atoms with Crippen molar-refractivity contribution in [3.63, 3.8) is 0 Å². The highest BCUT2D eigenvalue weighted by atomic mass is 35.5. The molecule has 0 aliphatic carbocycles. The van der Waals surface area contributed by atoms with Gasteiger partial charge in [0.2, 0.25) is 5.91 Å². The van der Waals surface area contributed by atoms with E-state index in [2.05, 4.69) is 4.72 Å². The highest BCUT2D eigenvalue weighted by molar-refractivity contribution is 7.94. The number of sulfonamides is 1. The number of nitrogens with zero attached hydrogens (tertiary/aromatic N) is 1. The summed E-state index contributed by atoms with van der Waals surface area (Å²) in [7, 11) is -3.70. The lowest BCUT2D eigenvalue weighted by atomic mass is 9.94. The van der Waals surface area contributed by atoms with Crippen LogP contribution in [-0.4, -0.2) is 20.9 Å². The summed E-state index contributed by atoms with van der Waals surface area (Å²) >= 11 is 6.82. The second kappa shape index (κ2) is 6.30. The third-order valence-electron chi connectivity index (χ3n) is 3.93. The summed E-state index contributed by atoms with van der Waals surface area (Å²) in [6.07, 6.45) is 0.769. The number of halogens is 1. The average Bonchev–Trinajstić information content (AvgIpc) is 3.11. The van der Waals surface area contributed by atoms with Crippen molar-refractivity contribution in [1.82, 2.24) is 0 Å². The molecule has 0 bridgehead atoms. The second-order valence-corrected chi connectivity index (χ2v) is 10.6. The summed E-state index contributed by atoms with van der Waals surface area (Å²) in [6, 6.07) is 8.32. The molecule has 25 heavy (non-hydrogen) atoms. The van der Waals surface area contributed by atoms with Gasteiger partial charge in [-0.05, 0) is 36.2 Å².